The first kappa shape index (κ1) is 13.0. The molecule has 0 spiro atoms. The van der Waals surface area contributed by atoms with Crippen molar-refractivity contribution < 1.29 is 14.3 Å². The topological polar surface area (TPSA) is 79.5 Å². The molecule has 0 aliphatic carbocycles. The number of carbonyl (C=O) groups is 2. The van der Waals surface area contributed by atoms with E-state index in [1.807, 2.05) is 0 Å². The third-order valence-corrected chi connectivity index (χ3v) is 2.04. The molecule has 6 nitrogen and oxygen atoms in total. The predicted octanol–water partition coefficient (Wildman–Crippen LogP) is 0.01000. The molecular weight excluding hydrogens is 224 g/mol. The summed E-state index contributed by atoms with van der Waals surface area (Å²) in [5, 5.41) is 0. The van der Waals surface area contributed by atoms with E-state index in [2.05, 4.69) is 4.98 Å². The van der Waals surface area contributed by atoms with Gasteiger partial charge in [-0.05, 0) is 13.0 Å². The van der Waals surface area contributed by atoms with Crippen molar-refractivity contribution >= 4 is 11.9 Å². The lowest BCUT2D eigenvalue weighted by molar-refractivity contribution is -0.143. The van der Waals surface area contributed by atoms with Crippen LogP contribution in [0.5, 0.6) is 0 Å². The third-order valence-electron chi connectivity index (χ3n) is 2.04. The van der Waals surface area contributed by atoms with Gasteiger partial charge in [-0.1, -0.05) is 0 Å². The largest absolute Gasteiger partial charge is 0.465 e. The van der Waals surface area contributed by atoms with E-state index in [1.54, 1.807) is 6.92 Å². The van der Waals surface area contributed by atoms with Crippen molar-refractivity contribution in [2.75, 3.05) is 20.2 Å². The fourth-order valence-corrected chi connectivity index (χ4v) is 1.27. The van der Waals surface area contributed by atoms with Gasteiger partial charge in [-0.2, -0.15) is 0 Å². The molecule has 1 N–H and O–H groups in total. The fraction of sp³-hybridized carbons (Fsp3) is 0.364. The Morgan fingerprint density at radius 2 is 2.18 bits per heavy atom. The third kappa shape index (κ3) is 3.75. The summed E-state index contributed by atoms with van der Waals surface area (Å²) in [6, 6.07) is 2.66. The molecule has 1 rings (SSSR count). The minimum absolute atomic E-state index is 0.139. The minimum Gasteiger partial charge on any atom is -0.465 e. The Balaban J connectivity index is 2.70. The number of carbonyl (C=O) groups excluding carboxylic acids is 2. The summed E-state index contributed by atoms with van der Waals surface area (Å²) in [6.07, 6.45) is 1.38. The average molecular weight is 238 g/mol. The van der Waals surface area contributed by atoms with E-state index in [-0.39, 0.29) is 24.3 Å². The first-order valence-electron chi connectivity index (χ1n) is 5.14. The number of esters is 1. The van der Waals surface area contributed by atoms with E-state index in [9.17, 15) is 14.4 Å². The number of pyridine rings is 1. The van der Waals surface area contributed by atoms with E-state index >= 15 is 0 Å². The highest BCUT2D eigenvalue weighted by Crippen LogP contribution is 1.99. The number of H-pyrrole nitrogens is 1. The molecular formula is C11H14N2O4. The quantitative estimate of drug-likeness (QED) is 0.749. The summed E-state index contributed by atoms with van der Waals surface area (Å²) in [5.74, 6) is -0.877. The van der Waals surface area contributed by atoms with Gasteiger partial charge in [0, 0.05) is 24.9 Å². The van der Waals surface area contributed by atoms with Crippen molar-refractivity contribution in [3.63, 3.8) is 0 Å². The predicted molar refractivity (Wildman–Crippen MR) is 60.7 cm³/mol. The normalized spacial score (nSPS) is 9.76. The monoisotopic (exact) mass is 238 g/mol. The van der Waals surface area contributed by atoms with Gasteiger partial charge in [-0.25, -0.2) is 0 Å². The van der Waals surface area contributed by atoms with Crippen LogP contribution >= 0.6 is 0 Å². The lowest BCUT2D eigenvalue weighted by atomic mass is 10.2. The Bertz CT molecular complexity index is 467. The maximum Gasteiger partial charge on any atom is 0.325 e. The van der Waals surface area contributed by atoms with Gasteiger partial charge in [0.25, 0.3) is 5.91 Å². The van der Waals surface area contributed by atoms with Crippen molar-refractivity contribution in [2.24, 2.45) is 0 Å². The van der Waals surface area contributed by atoms with Crippen molar-refractivity contribution in [3.05, 3.63) is 34.2 Å². The van der Waals surface area contributed by atoms with Crippen LogP contribution in [0.2, 0.25) is 0 Å². The van der Waals surface area contributed by atoms with Crippen molar-refractivity contribution in [1.82, 2.24) is 9.88 Å². The van der Waals surface area contributed by atoms with Crippen LogP contribution in [0.4, 0.5) is 0 Å². The maximum absolute atomic E-state index is 11.8. The number of ether oxygens (including phenoxy) is 1. The molecule has 0 aliphatic heterocycles. The zero-order valence-electron chi connectivity index (χ0n) is 9.73. The maximum atomic E-state index is 11.8. The van der Waals surface area contributed by atoms with E-state index in [1.165, 1.54) is 30.3 Å². The summed E-state index contributed by atoms with van der Waals surface area (Å²) in [5.41, 5.74) is -0.124. The molecule has 0 saturated carbocycles. The molecule has 1 aromatic rings. The molecule has 0 atom stereocenters. The number of likely N-dealkylation sites (N-methyl/N-ethyl adjacent to an activating group) is 1. The highest BCUT2D eigenvalue weighted by Gasteiger charge is 2.15. The molecule has 0 radical (unpaired) electrons. The minimum atomic E-state index is -0.479. The second-order valence-electron chi connectivity index (χ2n) is 3.41. The highest BCUT2D eigenvalue weighted by atomic mass is 16.5. The van der Waals surface area contributed by atoms with Crippen molar-refractivity contribution in [1.29, 1.82) is 0 Å². The van der Waals surface area contributed by atoms with Gasteiger partial charge >= 0.3 is 5.97 Å². The van der Waals surface area contributed by atoms with Crippen LogP contribution in [0, 0.1) is 0 Å². The van der Waals surface area contributed by atoms with Gasteiger partial charge in [0.15, 0.2) is 0 Å². The van der Waals surface area contributed by atoms with Gasteiger partial charge in [-0.3, -0.25) is 14.4 Å². The number of hydrogen-bond donors (Lipinski definition) is 1. The Hall–Kier alpha value is -2.11. The first-order valence-corrected chi connectivity index (χ1v) is 5.14. The van der Waals surface area contributed by atoms with Crippen LogP contribution in [0.3, 0.4) is 0 Å². The highest BCUT2D eigenvalue weighted by molar-refractivity contribution is 5.95. The number of nitrogens with zero attached hydrogens (tertiary/aromatic N) is 1. The number of aromatic amines is 1. The molecule has 6 heteroatoms. The summed E-state index contributed by atoms with van der Waals surface area (Å²) >= 11 is 0. The number of rotatable bonds is 4. The van der Waals surface area contributed by atoms with Crippen LogP contribution < -0.4 is 5.56 Å². The molecule has 0 saturated heterocycles. The first-order chi connectivity index (χ1) is 8.04. The standard InChI is InChI=1S/C11H14N2O4/c1-3-17-10(15)7-13(2)11(16)8-4-5-12-9(14)6-8/h4-6H,3,7H2,1-2H3,(H,12,14). The zero-order valence-corrected chi connectivity index (χ0v) is 9.73. The molecule has 0 fully saturated rings. The lowest BCUT2D eigenvalue weighted by Gasteiger charge is -2.15. The van der Waals surface area contributed by atoms with Crippen LogP contribution in [0.15, 0.2) is 23.1 Å². The van der Waals surface area contributed by atoms with E-state index in [0.29, 0.717) is 0 Å². The fourth-order valence-electron chi connectivity index (χ4n) is 1.27. The molecule has 1 aromatic heterocycles. The Kier molecular flexibility index (Phi) is 4.45. The van der Waals surface area contributed by atoms with E-state index < -0.39 is 11.9 Å². The van der Waals surface area contributed by atoms with Crippen molar-refractivity contribution in [2.45, 2.75) is 6.92 Å². The Labute approximate surface area is 98.2 Å². The molecule has 17 heavy (non-hydrogen) atoms. The zero-order chi connectivity index (χ0) is 12.8. The molecule has 1 heterocycles. The summed E-state index contributed by atoms with van der Waals surface area (Å²) < 4.78 is 4.72. The van der Waals surface area contributed by atoms with Crippen LogP contribution in [-0.4, -0.2) is 42.0 Å². The summed E-state index contributed by atoms with van der Waals surface area (Å²) in [4.78, 5) is 37.6. The molecule has 0 aliphatic rings. The van der Waals surface area contributed by atoms with Gasteiger partial charge in [0.2, 0.25) is 5.56 Å². The van der Waals surface area contributed by atoms with Crippen molar-refractivity contribution in [3.8, 4) is 0 Å². The second-order valence-corrected chi connectivity index (χ2v) is 3.41. The van der Waals surface area contributed by atoms with Gasteiger partial charge < -0.3 is 14.6 Å². The average Bonchev–Trinajstić information content (AvgIpc) is 2.28. The van der Waals surface area contributed by atoms with Crippen LogP contribution in [-0.2, 0) is 9.53 Å². The van der Waals surface area contributed by atoms with Crippen LogP contribution in [0.1, 0.15) is 17.3 Å². The molecule has 0 bridgehead atoms. The molecule has 0 aromatic carbocycles. The molecule has 92 valence electrons. The number of hydrogen-bond acceptors (Lipinski definition) is 4. The summed E-state index contributed by atoms with van der Waals surface area (Å²) in [7, 11) is 1.47. The lowest BCUT2D eigenvalue weighted by Crippen LogP contribution is -2.33. The number of aromatic nitrogens is 1. The Morgan fingerprint density at radius 1 is 1.47 bits per heavy atom. The van der Waals surface area contributed by atoms with Gasteiger partial charge in [-0.15, -0.1) is 0 Å². The smallest absolute Gasteiger partial charge is 0.325 e. The number of amides is 1. The van der Waals surface area contributed by atoms with Gasteiger partial charge in [0.1, 0.15) is 6.54 Å². The van der Waals surface area contributed by atoms with E-state index in [4.69, 9.17) is 4.74 Å². The number of nitrogens with one attached hydrogen (secondary N) is 1. The summed E-state index contributed by atoms with van der Waals surface area (Å²) in [6.45, 7) is 1.82. The second kappa shape index (κ2) is 5.83. The van der Waals surface area contributed by atoms with Crippen LogP contribution in [0.25, 0.3) is 0 Å². The van der Waals surface area contributed by atoms with Gasteiger partial charge in [0.05, 0.1) is 6.61 Å². The SMILES string of the molecule is CCOC(=O)CN(C)C(=O)c1cc[nH]c(=O)c1. The Morgan fingerprint density at radius 3 is 2.76 bits per heavy atom. The van der Waals surface area contributed by atoms with E-state index in [0.717, 1.165) is 0 Å². The molecule has 0 unspecified atom stereocenters. The molecule has 1 amide bonds.